The van der Waals surface area contributed by atoms with Crippen LogP contribution in [-0.4, -0.2) is 18.3 Å². The van der Waals surface area contributed by atoms with Gasteiger partial charge in [0.25, 0.3) is 0 Å². The Kier molecular flexibility index (Phi) is 6.43. The van der Waals surface area contributed by atoms with Crippen LogP contribution in [0, 0.1) is 11.3 Å². The summed E-state index contributed by atoms with van der Waals surface area (Å²) in [5.41, 5.74) is 1.81. The van der Waals surface area contributed by atoms with Crippen LogP contribution < -0.4 is 4.74 Å². The van der Waals surface area contributed by atoms with Gasteiger partial charge in [0.05, 0.1) is 31.8 Å². The second kappa shape index (κ2) is 8.83. The number of aliphatic hydroxyl groups is 1. The van der Waals surface area contributed by atoms with Crippen LogP contribution in [0.3, 0.4) is 0 Å². The fourth-order valence-electron chi connectivity index (χ4n) is 2.00. The van der Waals surface area contributed by atoms with Crippen molar-refractivity contribution in [1.29, 1.82) is 5.26 Å². The van der Waals surface area contributed by atoms with Crippen LogP contribution in [0.1, 0.15) is 23.7 Å². The van der Waals surface area contributed by atoms with Gasteiger partial charge in [0.15, 0.2) is 0 Å². The van der Waals surface area contributed by atoms with Gasteiger partial charge in [-0.2, -0.15) is 5.26 Å². The predicted octanol–water partition coefficient (Wildman–Crippen LogP) is 3.23. The van der Waals surface area contributed by atoms with Crippen molar-refractivity contribution in [1.82, 2.24) is 0 Å². The molecular weight excluding hydrogens is 278 g/mol. The third kappa shape index (κ3) is 5.21. The van der Waals surface area contributed by atoms with Crippen molar-refractivity contribution >= 4 is 0 Å². The van der Waals surface area contributed by atoms with Gasteiger partial charge in [-0.1, -0.05) is 42.5 Å². The van der Waals surface area contributed by atoms with Crippen molar-refractivity contribution < 1.29 is 14.6 Å². The van der Waals surface area contributed by atoms with Crippen molar-refractivity contribution in [2.24, 2.45) is 0 Å². The lowest BCUT2D eigenvalue weighted by Crippen LogP contribution is -2.07. The highest BCUT2D eigenvalue weighted by Gasteiger charge is 2.07. The largest absolute Gasteiger partial charge is 0.491 e. The number of benzene rings is 2. The molecule has 0 amide bonds. The SMILES string of the molecule is N#CCC(O)c1cccc(OCCOCc2ccccc2)c1. The van der Waals surface area contributed by atoms with E-state index in [2.05, 4.69) is 0 Å². The van der Waals surface area contributed by atoms with Gasteiger partial charge >= 0.3 is 0 Å². The maximum atomic E-state index is 9.78. The molecule has 2 rings (SSSR count). The van der Waals surface area contributed by atoms with E-state index in [1.165, 1.54) is 0 Å². The van der Waals surface area contributed by atoms with E-state index in [9.17, 15) is 5.11 Å². The highest BCUT2D eigenvalue weighted by Crippen LogP contribution is 2.21. The van der Waals surface area contributed by atoms with Crippen LogP contribution in [0.25, 0.3) is 0 Å². The molecule has 0 aromatic heterocycles. The van der Waals surface area contributed by atoms with E-state index in [4.69, 9.17) is 14.7 Å². The second-order valence-electron chi connectivity index (χ2n) is 4.84. The van der Waals surface area contributed by atoms with Crippen LogP contribution in [-0.2, 0) is 11.3 Å². The number of hydrogen-bond donors (Lipinski definition) is 1. The maximum absolute atomic E-state index is 9.78. The summed E-state index contributed by atoms with van der Waals surface area (Å²) in [6.07, 6.45) is -0.702. The molecule has 114 valence electrons. The lowest BCUT2D eigenvalue weighted by Gasteiger charge is -2.11. The molecule has 2 aromatic carbocycles. The first-order valence-electron chi connectivity index (χ1n) is 7.19. The zero-order valence-corrected chi connectivity index (χ0v) is 12.3. The minimum Gasteiger partial charge on any atom is -0.491 e. The Morgan fingerprint density at radius 3 is 2.64 bits per heavy atom. The van der Waals surface area contributed by atoms with E-state index in [0.717, 1.165) is 5.56 Å². The Balaban J connectivity index is 1.73. The first kappa shape index (κ1) is 16.0. The molecule has 0 saturated carbocycles. The number of hydrogen-bond acceptors (Lipinski definition) is 4. The van der Waals surface area contributed by atoms with Gasteiger partial charge in [0, 0.05) is 0 Å². The zero-order chi connectivity index (χ0) is 15.6. The Bertz CT molecular complexity index is 607. The van der Waals surface area contributed by atoms with Gasteiger partial charge in [0.2, 0.25) is 0 Å². The van der Waals surface area contributed by atoms with Gasteiger partial charge in [0.1, 0.15) is 12.4 Å². The third-order valence-corrected chi connectivity index (χ3v) is 3.14. The number of aliphatic hydroxyl groups excluding tert-OH is 1. The van der Waals surface area contributed by atoms with Crippen LogP contribution in [0.2, 0.25) is 0 Å². The Labute approximate surface area is 130 Å². The summed E-state index contributed by atoms with van der Waals surface area (Å²) in [6, 6.07) is 19.1. The predicted molar refractivity (Wildman–Crippen MR) is 83.2 cm³/mol. The lowest BCUT2D eigenvalue weighted by molar-refractivity contribution is 0.0888. The van der Waals surface area contributed by atoms with Crippen LogP contribution in [0.4, 0.5) is 0 Å². The molecule has 1 N–H and O–H groups in total. The van der Waals surface area contributed by atoms with Crippen molar-refractivity contribution in [2.75, 3.05) is 13.2 Å². The number of ether oxygens (including phenoxy) is 2. The molecule has 22 heavy (non-hydrogen) atoms. The molecule has 0 saturated heterocycles. The maximum Gasteiger partial charge on any atom is 0.119 e. The van der Waals surface area contributed by atoms with Crippen molar-refractivity contribution in [3.63, 3.8) is 0 Å². The molecule has 0 aliphatic carbocycles. The quantitative estimate of drug-likeness (QED) is 0.760. The fraction of sp³-hybridized carbons (Fsp3) is 0.278. The molecule has 1 atom stereocenters. The lowest BCUT2D eigenvalue weighted by atomic mass is 10.1. The number of nitriles is 1. The highest BCUT2D eigenvalue weighted by molar-refractivity contribution is 5.30. The molecule has 0 aliphatic heterocycles. The summed E-state index contributed by atoms with van der Waals surface area (Å²) in [4.78, 5) is 0. The van der Waals surface area contributed by atoms with Gasteiger partial charge < -0.3 is 14.6 Å². The smallest absolute Gasteiger partial charge is 0.119 e. The Hall–Kier alpha value is -2.35. The van der Waals surface area contributed by atoms with E-state index in [-0.39, 0.29) is 6.42 Å². The first-order chi connectivity index (χ1) is 10.8. The van der Waals surface area contributed by atoms with Gasteiger partial charge in [-0.05, 0) is 23.3 Å². The second-order valence-corrected chi connectivity index (χ2v) is 4.84. The highest BCUT2D eigenvalue weighted by atomic mass is 16.5. The number of nitrogens with zero attached hydrogens (tertiary/aromatic N) is 1. The molecule has 4 heteroatoms. The molecule has 0 spiro atoms. The van der Waals surface area contributed by atoms with E-state index in [1.54, 1.807) is 18.2 Å². The molecule has 0 bridgehead atoms. The summed E-state index contributed by atoms with van der Waals surface area (Å²) >= 11 is 0. The van der Waals surface area contributed by atoms with Crippen LogP contribution in [0.15, 0.2) is 54.6 Å². The first-order valence-corrected chi connectivity index (χ1v) is 7.19. The van der Waals surface area contributed by atoms with Gasteiger partial charge in [-0.15, -0.1) is 0 Å². The Morgan fingerprint density at radius 2 is 1.86 bits per heavy atom. The molecule has 0 fully saturated rings. The summed E-state index contributed by atoms with van der Waals surface area (Å²) in [7, 11) is 0. The fourth-order valence-corrected chi connectivity index (χ4v) is 2.00. The third-order valence-electron chi connectivity index (χ3n) is 3.14. The van der Waals surface area contributed by atoms with E-state index in [0.29, 0.717) is 31.1 Å². The van der Waals surface area contributed by atoms with E-state index in [1.807, 2.05) is 42.5 Å². The van der Waals surface area contributed by atoms with E-state index < -0.39 is 6.10 Å². The standard InChI is InChI=1S/C18H19NO3/c19-10-9-18(20)16-7-4-8-17(13-16)22-12-11-21-14-15-5-2-1-3-6-15/h1-8,13,18,20H,9,11-12,14H2. The zero-order valence-electron chi connectivity index (χ0n) is 12.3. The monoisotopic (exact) mass is 297 g/mol. The van der Waals surface area contributed by atoms with Crippen LogP contribution in [0.5, 0.6) is 5.75 Å². The van der Waals surface area contributed by atoms with Crippen molar-refractivity contribution in [3.05, 3.63) is 65.7 Å². The summed E-state index contributed by atoms with van der Waals surface area (Å²) in [5, 5.41) is 18.4. The van der Waals surface area contributed by atoms with Crippen molar-refractivity contribution in [3.8, 4) is 11.8 Å². The van der Waals surface area contributed by atoms with E-state index >= 15 is 0 Å². The van der Waals surface area contributed by atoms with Gasteiger partial charge in [-0.3, -0.25) is 0 Å². The minimum absolute atomic E-state index is 0.0731. The van der Waals surface area contributed by atoms with Gasteiger partial charge in [-0.25, -0.2) is 0 Å². The Morgan fingerprint density at radius 1 is 1.05 bits per heavy atom. The molecular formula is C18H19NO3. The topological polar surface area (TPSA) is 62.5 Å². The average Bonchev–Trinajstić information content (AvgIpc) is 2.56. The molecule has 4 nitrogen and oxygen atoms in total. The molecule has 2 aromatic rings. The molecule has 1 unspecified atom stereocenters. The molecule has 0 radical (unpaired) electrons. The molecule has 0 heterocycles. The van der Waals surface area contributed by atoms with Crippen LogP contribution >= 0.6 is 0 Å². The summed E-state index contributed by atoms with van der Waals surface area (Å²) < 4.78 is 11.1. The van der Waals surface area contributed by atoms with Crippen molar-refractivity contribution in [2.45, 2.75) is 19.1 Å². The summed E-state index contributed by atoms with van der Waals surface area (Å²) in [6.45, 7) is 1.48. The molecule has 0 aliphatic rings. The normalized spacial score (nSPS) is 11.6. The summed E-state index contributed by atoms with van der Waals surface area (Å²) in [5.74, 6) is 0.665. The number of rotatable bonds is 8. The minimum atomic E-state index is -0.775. The average molecular weight is 297 g/mol.